The zero-order valence-electron chi connectivity index (χ0n) is 9.43. The van der Waals surface area contributed by atoms with Gasteiger partial charge in [0.05, 0.1) is 5.69 Å². The van der Waals surface area contributed by atoms with Gasteiger partial charge in [-0.3, -0.25) is 4.98 Å². The molecule has 1 aromatic heterocycles. The average Bonchev–Trinajstić information content (AvgIpc) is 2.33. The first-order valence-corrected chi connectivity index (χ1v) is 6.12. The van der Waals surface area contributed by atoms with E-state index in [-0.39, 0.29) is 11.9 Å². The summed E-state index contributed by atoms with van der Waals surface area (Å²) in [5.41, 5.74) is 6.59. The summed E-state index contributed by atoms with van der Waals surface area (Å²) in [5, 5.41) is 0. The van der Waals surface area contributed by atoms with Gasteiger partial charge in [-0.1, -0.05) is 11.8 Å². The lowest BCUT2D eigenvalue weighted by atomic mass is 10.2. The van der Waals surface area contributed by atoms with Crippen molar-refractivity contribution in [2.75, 3.05) is 0 Å². The third kappa shape index (κ3) is 3.28. The predicted octanol–water partition coefficient (Wildman–Crippen LogP) is 3.39. The Kier molecular flexibility index (Phi) is 3.76. The first kappa shape index (κ1) is 12.1. The van der Waals surface area contributed by atoms with Gasteiger partial charge in [-0.05, 0) is 43.3 Å². The maximum absolute atomic E-state index is 12.7. The van der Waals surface area contributed by atoms with E-state index in [1.807, 2.05) is 19.1 Å². The molecule has 0 amide bonds. The Morgan fingerprint density at radius 3 is 2.29 bits per heavy atom. The fraction of sp³-hybridized carbons (Fsp3) is 0.154. The summed E-state index contributed by atoms with van der Waals surface area (Å²) in [7, 11) is 0. The SMILES string of the molecule is C[C@@H](N)c1ccc(Sc2ccc(F)cc2)cn1. The van der Waals surface area contributed by atoms with E-state index in [4.69, 9.17) is 5.73 Å². The number of hydrogen-bond donors (Lipinski definition) is 1. The smallest absolute Gasteiger partial charge is 0.123 e. The molecule has 4 heteroatoms. The van der Waals surface area contributed by atoms with Crippen molar-refractivity contribution in [1.82, 2.24) is 4.98 Å². The summed E-state index contributed by atoms with van der Waals surface area (Å²) in [6, 6.07) is 10.2. The largest absolute Gasteiger partial charge is 0.323 e. The van der Waals surface area contributed by atoms with Crippen LogP contribution in [-0.4, -0.2) is 4.98 Å². The fourth-order valence-corrected chi connectivity index (χ4v) is 2.15. The maximum atomic E-state index is 12.7. The lowest BCUT2D eigenvalue weighted by molar-refractivity contribution is 0.626. The van der Waals surface area contributed by atoms with Crippen molar-refractivity contribution < 1.29 is 4.39 Å². The minimum Gasteiger partial charge on any atom is -0.323 e. The van der Waals surface area contributed by atoms with E-state index < -0.39 is 0 Å². The highest BCUT2D eigenvalue weighted by molar-refractivity contribution is 7.99. The first-order chi connectivity index (χ1) is 8.15. The molecule has 2 N–H and O–H groups in total. The fourth-order valence-electron chi connectivity index (χ4n) is 1.36. The van der Waals surface area contributed by atoms with Crippen LogP contribution >= 0.6 is 11.8 Å². The van der Waals surface area contributed by atoms with Gasteiger partial charge in [-0.2, -0.15) is 0 Å². The summed E-state index contributed by atoms with van der Waals surface area (Å²) in [4.78, 5) is 6.27. The third-order valence-electron chi connectivity index (χ3n) is 2.28. The van der Waals surface area contributed by atoms with E-state index in [0.717, 1.165) is 15.5 Å². The van der Waals surface area contributed by atoms with Gasteiger partial charge in [0.15, 0.2) is 0 Å². The van der Waals surface area contributed by atoms with Gasteiger partial charge in [-0.25, -0.2) is 4.39 Å². The number of pyridine rings is 1. The van der Waals surface area contributed by atoms with E-state index in [9.17, 15) is 4.39 Å². The Morgan fingerprint density at radius 1 is 1.12 bits per heavy atom. The molecule has 0 aliphatic heterocycles. The second-order valence-electron chi connectivity index (χ2n) is 3.76. The molecule has 0 aliphatic carbocycles. The van der Waals surface area contributed by atoms with Crippen molar-refractivity contribution >= 4 is 11.8 Å². The molecule has 1 atom stereocenters. The second kappa shape index (κ2) is 5.29. The number of benzene rings is 1. The van der Waals surface area contributed by atoms with Crippen LogP contribution in [0.25, 0.3) is 0 Å². The molecule has 0 saturated heterocycles. The Labute approximate surface area is 104 Å². The Balaban J connectivity index is 2.11. The van der Waals surface area contributed by atoms with Gasteiger partial charge in [0.25, 0.3) is 0 Å². The molecule has 2 aromatic rings. The molecular weight excluding hydrogens is 235 g/mol. The molecule has 0 saturated carbocycles. The molecule has 2 rings (SSSR count). The summed E-state index contributed by atoms with van der Waals surface area (Å²) in [6.45, 7) is 1.90. The van der Waals surface area contributed by atoms with E-state index in [1.165, 1.54) is 12.1 Å². The zero-order valence-corrected chi connectivity index (χ0v) is 10.2. The van der Waals surface area contributed by atoms with Crippen molar-refractivity contribution in [3.8, 4) is 0 Å². The molecule has 1 aromatic carbocycles. The summed E-state index contributed by atoms with van der Waals surface area (Å²) in [5.74, 6) is -0.222. The van der Waals surface area contributed by atoms with Crippen molar-refractivity contribution in [1.29, 1.82) is 0 Å². The van der Waals surface area contributed by atoms with Gasteiger partial charge >= 0.3 is 0 Å². The topological polar surface area (TPSA) is 38.9 Å². The number of nitrogens with two attached hydrogens (primary N) is 1. The van der Waals surface area contributed by atoms with Gasteiger partial charge < -0.3 is 5.73 Å². The lowest BCUT2D eigenvalue weighted by Crippen LogP contribution is -2.06. The average molecular weight is 248 g/mol. The van der Waals surface area contributed by atoms with Crippen LogP contribution in [-0.2, 0) is 0 Å². The van der Waals surface area contributed by atoms with Crippen LogP contribution in [0, 0.1) is 5.82 Å². The number of hydrogen-bond acceptors (Lipinski definition) is 3. The molecular formula is C13H13FN2S. The van der Waals surface area contributed by atoms with Gasteiger partial charge in [0, 0.05) is 22.0 Å². The summed E-state index contributed by atoms with van der Waals surface area (Å²) in [6.07, 6.45) is 1.78. The van der Waals surface area contributed by atoms with E-state index in [2.05, 4.69) is 4.98 Å². The Morgan fingerprint density at radius 2 is 1.76 bits per heavy atom. The van der Waals surface area contributed by atoms with Crippen LogP contribution in [0.5, 0.6) is 0 Å². The van der Waals surface area contributed by atoms with Gasteiger partial charge in [0.2, 0.25) is 0 Å². The Bertz CT molecular complexity index is 480. The lowest BCUT2D eigenvalue weighted by Gasteiger charge is -2.05. The number of nitrogens with zero attached hydrogens (tertiary/aromatic N) is 1. The van der Waals surface area contributed by atoms with Gasteiger partial charge in [0.1, 0.15) is 5.82 Å². The predicted molar refractivity (Wildman–Crippen MR) is 67.4 cm³/mol. The van der Waals surface area contributed by atoms with Crippen molar-refractivity contribution in [2.45, 2.75) is 22.8 Å². The van der Waals surface area contributed by atoms with Crippen LogP contribution in [0.3, 0.4) is 0 Å². The van der Waals surface area contributed by atoms with Crippen molar-refractivity contribution in [2.24, 2.45) is 5.73 Å². The Hall–Kier alpha value is -1.39. The van der Waals surface area contributed by atoms with Crippen LogP contribution in [0.1, 0.15) is 18.7 Å². The summed E-state index contributed by atoms with van der Waals surface area (Å²) < 4.78 is 12.7. The number of halogens is 1. The molecule has 2 nitrogen and oxygen atoms in total. The second-order valence-corrected chi connectivity index (χ2v) is 4.91. The standard InChI is InChI=1S/C13H13FN2S/c1-9(15)13-7-6-12(8-16-13)17-11-4-2-10(14)3-5-11/h2-9H,15H2,1H3/t9-/m1/s1. The first-order valence-electron chi connectivity index (χ1n) is 5.30. The molecule has 0 bridgehead atoms. The van der Waals surface area contributed by atoms with E-state index in [1.54, 1.807) is 30.1 Å². The maximum Gasteiger partial charge on any atom is 0.123 e. The molecule has 0 fully saturated rings. The quantitative estimate of drug-likeness (QED) is 0.905. The highest BCUT2D eigenvalue weighted by Crippen LogP contribution is 2.27. The molecule has 88 valence electrons. The molecule has 0 unspecified atom stereocenters. The van der Waals surface area contributed by atoms with E-state index >= 15 is 0 Å². The monoisotopic (exact) mass is 248 g/mol. The van der Waals surface area contributed by atoms with Crippen molar-refractivity contribution in [3.05, 3.63) is 54.1 Å². The molecule has 17 heavy (non-hydrogen) atoms. The third-order valence-corrected chi connectivity index (χ3v) is 3.26. The van der Waals surface area contributed by atoms with Crippen LogP contribution in [0.2, 0.25) is 0 Å². The highest BCUT2D eigenvalue weighted by Gasteiger charge is 2.02. The number of rotatable bonds is 3. The molecule has 1 heterocycles. The van der Waals surface area contributed by atoms with Crippen molar-refractivity contribution in [3.63, 3.8) is 0 Å². The number of aromatic nitrogens is 1. The van der Waals surface area contributed by atoms with Crippen LogP contribution in [0.4, 0.5) is 4.39 Å². The molecule has 0 spiro atoms. The zero-order chi connectivity index (χ0) is 12.3. The normalized spacial score (nSPS) is 12.4. The van der Waals surface area contributed by atoms with Crippen LogP contribution in [0.15, 0.2) is 52.4 Å². The minimum atomic E-state index is -0.222. The van der Waals surface area contributed by atoms with Gasteiger partial charge in [-0.15, -0.1) is 0 Å². The highest BCUT2D eigenvalue weighted by atomic mass is 32.2. The van der Waals surface area contributed by atoms with Crippen LogP contribution < -0.4 is 5.73 Å². The molecule has 0 radical (unpaired) electrons. The summed E-state index contributed by atoms with van der Waals surface area (Å²) >= 11 is 1.55. The molecule has 0 aliphatic rings. The van der Waals surface area contributed by atoms with E-state index in [0.29, 0.717) is 0 Å². The minimum absolute atomic E-state index is 0.0557.